The van der Waals surface area contributed by atoms with Gasteiger partial charge < -0.3 is 0 Å². The molecule has 0 bridgehead atoms. The first kappa shape index (κ1) is 13.1. The molecule has 2 aliphatic carbocycles. The van der Waals surface area contributed by atoms with Crippen LogP contribution in [0.25, 0.3) is 0 Å². The van der Waals surface area contributed by atoms with Gasteiger partial charge in [-0.25, -0.2) is 0 Å². The van der Waals surface area contributed by atoms with Gasteiger partial charge in [-0.2, -0.15) is 0 Å². The van der Waals surface area contributed by atoms with E-state index in [1.54, 1.807) is 12.8 Å². The maximum Gasteiger partial charge on any atom is -0.0297 e. The van der Waals surface area contributed by atoms with E-state index in [0.717, 1.165) is 11.3 Å². The highest BCUT2D eigenvalue weighted by molar-refractivity contribution is 4.96. The Morgan fingerprint density at radius 2 is 1.27 bits per heavy atom. The summed E-state index contributed by atoms with van der Waals surface area (Å²) in [6, 6.07) is 0. The van der Waals surface area contributed by atoms with Crippen LogP contribution in [0.1, 0.15) is 79.6 Å². The van der Waals surface area contributed by atoms with Crippen molar-refractivity contribution in [3.8, 4) is 0 Å². The van der Waals surface area contributed by atoms with Gasteiger partial charge in [-0.05, 0) is 55.3 Å². The van der Waals surface area contributed by atoms with E-state index in [9.17, 15) is 0 Å². The quantitative estimate of drug-likeness (QED) is 0.542. The van der Waals surface area contributed by atoms with E-state index in [-0.39, 0.29) is 0 Å². The Morgan fingerprint density at radius 1 is 0.800 bits per heavy atom. The Kier molecular flexibility index (Phi) is 4.26. The minimum Gasteiger partial charge on any atom is -0.0683 e. The molecule has 0 radical (unpaired) electrons. The third kappa shape index (κ3) is 2.57. The molecule has 0 aliphatic heterocycles. The molecule has 0 amide bonds. The van der Waals surface area contributed by atoms with Crippen LogP contribution in [0.5, 0.6) is 0 Å². The smallest absolute Gasteiger partial charge is 0.0297 e. The SMILES string of the molecule is CC.CC(C)C1(C)CCC2(CCC2)CC1. The van der Waals surface area contributed by atoms with Crippen LogP contribution in [0.3, 0.4) is 0 Å². The van der Waals surface area contributed by atoms with E-state index in [0.29, 0.717) is 5.41 Å². The molecule has 0 saturated heterocycles. The number of hydrogen-bond donors (Lipinski definition) is 0. The Bertz CT molecular complexity index is 176. The lowest BCUT2D eigenvalue weighted by Gasteiger charge is -2.51. The van der Waals surface area contributed by atoms with Crippen molar-refractivity contribution in [2.75, 3.05) is 0 Å². The maximum absolute atomic E-state index is 2.50. The predicted octanol–water partition coefficient (Wildman–Crippen LogP) is 5.42. The van der Waals surface area contributed by atoms with Crippen LogP contribution in [0.15, 0.2) is 0 Å². The van der Waals surface area contributed by atoms with E-state index in [1.165, 1.54) is 32.1 Å². The van der Waals surface area contributed by atoms with Crippen LogP contribution in [-0.2, 0) is 0 Å². The zero-order valence-electron chi connectivity index (χ0n) is 11.5. The topological polar surface area (TPSA) is 0 Å². The van der Waals surface area contributed by atoms with E-state index < -0.39 is 0 Å². The van der Waals surface area contributed by atoms with Gasteiger partial charge in [0, 0.05) is 0 Å². The summed E-state index contributed by atoms with van der Waals surface area (Å²) >= 11 is 0. The highest BCUT2D eigenvalue weighted by Gasteiger charge is 2.44. The van der Waals surface area contributed by atoms with Crippen LogP contribution in [0.4, 0.5) is 0 Å². The van der Waals surface area contributed by atoms with Crippen molar-refractivity contribution in [2.45, 2.75) is 79.6 Å². The molecular formula is C15H30. The summed E-state index contributed by atoms with van der Waals surface area (Å²) in [5.74, 6) is 0.880. The first-order chi connectivity index (χ1) is 7.06. The second-order valence-electron chi connectivity index (χ2n) is 6.16. The van der Waals surface area contributed by atoms with Crippen molar-refractivity contribution in [1.82, 2.24) is 0 Å². The van der Waals surface area contributed by atoms with Gasteiger partial charge in [-0.3, -0.25) is 0 Å². The van der Waals surface area contributed by atoms with Crippen molar-refractivity contribution in [3.63, 3.8) is 0 Å². The zero-order valence-corrected chi connectivity index (χ0v) is 11.5. The molecular weight excluding hydrogens is 180 g/mol. The van der Waals surface area contributed by atoms with Crippen LogP contribution in [-0.4, -0.2) is 0 Å². The zero-order chi connectivity index (χ0) is 11.5. The van der Waals surface area contributed by atoms with Gasteiger partial charge in [0.2, 0.25) is 0 Å². The van der Waals surface area contributed by atoms with E-state index >= 15 is 0 Å². The Balaban J connectivity index is 0.000000531. The molecule has 0 aromatic carbocycles. The van der Waals surface area contributed by atoms with Gasteiger partial charge >= 0.3 is 0 Å². The maximum atomic E-state index is 2.50. The van der Waals surface area contributed by atoms with Gasteiger partial charge in [-0.15, -0.1) is 0 Å². The van der Waals surface area contributed by atoms with E-state index in [4.69, 9.17) is 0 Å². The van der Waals surface area contributed by atoms with Gasteiger partial charge in [0.15, 0.2) is 0 Å². The van der Waals surface area contributed by atoms with Crippen molar-refractivity contribution in [1.29, 1.82) is 0 Å². The van der Waals surface area contributed by atoms with Crippen LogP contribution < -0.4 is 0 Å². The molecule has 0 nitrogen and oxygen atoms in total. The lowest BCUT2D eigenvalue weighted by Crippen LogP contribution is -2.39. The molecule has 2 aliphatic rings. The fourth-order valence-corrected chi connectivity index (χ4v) is 3.11. The molecule has 0 atom stereocenters. The average Bonchev–Trinajstić information content (AvgIpc) is 2.20. The minimum absolute atomic E-state index is 0.668. The van der Waals surface area contributed by atoms with Crippen molar-refractivity contribution in [3.05, 3.63) is 0 Å². The third-order valence-corrected chi connectivity index (χ3v) is 5.26. The molecule has 0 aromatic heterocycles. The summed E-state index contributed by atoms with van der Waals surface area (Å²) in [6.45, 7) is 11.3. The molecule has 0 unspecified atom stereocenters. The summed E-state index contributed by atoms with van der Waals surface area (Å²) in [7, 11) is 0. The highest BCUT2D eigenvalue weighted by atomic mass is 14.5. The minimum atomic E-state index is 0.668. The molecule has 2 saturated carbocycles. The normalized spacial score (nSPS) is 26.8. The largest absolute Gasteiger partial charge is 0.0683 e. The summed E-state index contributed by atoms with van der Waals surface area (Å²) in [5.41, 5.74) is 1.51. The fraction of sp³-hybridized carbons (Fsp3) is 1.00. The van der Waals surface area contributed by atoms with Gasteiger partial charge in [0.05, 0.1) is 0 Å². The summed E-state index contributed by atoms with van der Waals surface area (Å²) in [4.78, 5) is 0. The molecule has 0 aromatic rings. The molecule has 90 valence electrons. The fourth-order valence-electron chi connectivity index (χ4n) is 3.11. The van der Waals surface area contributed by atoms with Crippen molar-refractivity contribution < 1.29 is 0 Å². The number of hydrogen-bond acceptors (Lipinski definition) is 0. The molecule has 1 spiro atoms. The monoisotopic (exact) mass is 210 g/mol. The summed E-state index contributed by atoms with van der Waals surface area (Å²) in [5, 5.41) is 0. The molecule has 2 rings (SSSR count). The lowest BCUT2D eigenvalue weighted by molar-refractivity contribution is 0.00190. The van der Waals surface area contributed by atoms with Crippen LogP contribution >= 0.6 is 0 Å². The number of rotatable bonds is 1. The summed E-state index contributed by atoms with van der Waals surface area (Å²) < 4.78 is 0. The van der Waals surface area contributed by atoms with Crippen molar-refractivity contribution >= 4 is 0 Å². The second-order valence-corrected chi connectivity index (χ2v) is 6.16. The Hall–Kier alpha value is 0. The average molecular weight is 210 g/mol. The van der Waals surface area contributed by atoms with Gasteiger partial charge in [0.25, 0.3) is 0 Å². The molecule has 0 heteroatoms. The summed E-state index contributed by atoms with van der Waals surface area (Å²) in [6.07, 6.45) is 10.6. The van der Waals surface area contributed by atoms with Crippen LogP contribution in [0, 0.1) is 16.7 Å². The lowest BCUT2D eigenvalue weighted by atomic mass is 9.54. The third-order valence-electron chi connectivity index (χ3n) is 5.26. The second kappa shape index (κ2) is 4.89. The van der Waals surface area contributed by atoms with Crippen LogP contribution in [0.2, 0.25) is 0 Å². The Labute approximate surface area is 96.8 Å². The standard InChI is InChI=1S/C13H24.C2H6/c1-11(2)12(3)7-9-13(10-8-12)5-4-6-13;1-2/h11H,4-10H2,1-3H3;1-2H3. The first-order valence-corrected chi connectivity index (χ1v) is 7.06. The molecule has 0 N–H and O–H groups in total. The molecule has 15 heavy (non-hydrogen) atoms. The first-order valence-electron chi connectivity index (χ1n) is 7.06. The van der Waals surface area contributed by atoms with Gasteiger partial charge in [0.1, 0.15) is 0 Å². The van der Waals surface area contributed by atoms with E-state index in [1.807, 2.05) is 13.8 Å². The van der Waals surface area contributed by atoms with Crippen molar-refractivity contribution in [2.24, 2.45) is 16.7 Å². The predicted molar refractivity (Wildman–Crippen MR) is 69.0 cm³/mol. The van der Waals surface area contributed by atoms with E-state index in [2.05, 4.69) is 20.8 Å². The highest BCUT2D eigenvalue weighted by Crippen LogP contribution is 2.57. The Morgan fingerprint density at radius 3 is 1.53 bits per heavy atom. The van der Waals surface area contributed by atoms with Gasteiger partial charge in [-0.1, -0.05) is 41.0 Å². The molecule has 0 heterocycles. The molecule has 2 fully saturated rings.